The molecule has 1 aliphatic heterocycles. The van der Waals surface area contributed by atoms with Crippen LogP contribution in [0.4, 0.5) is 0 Å². The first-order chi connectivity index (χ1) is 6.27. The van der Waals surface area contributed by atoms with E-state index in [4.69, 9.17) is 10.2 Å². The molecular formula is C6H8Ag2N2O5S. The van der Waals surface area contributed by atoms with Crippen molar-refractivity contribution in [3.63, 3.8) is 0 Å². The fourth-order valence-electron chi connectivity index (χ4n) is 0.841. The summed E-state index contributed by atoms with van der Waals surface area (Å²) in [5.74, 6) is -3.01. The van der Waals surface area contributed by atoms with Crippen molar-refractivity contribution in [3.05, 3.63) is 10.7 Å². The predicted molar refractivity (Wildman–Crippen MR) is 47.3 cm³/mol. The minimum atomic E-state index is -4.25. The molecule has 16 heavy (non-hydrogen) atoms. The first-order valence-corrected chi connectivity index (χ1v) is 4.90. The molecule has 1 heterocycles. The largest absolute Gasteiger partial charge is 0.502 e. The molecule has 0 aliphatic carbocycles. The summed E-state index contributed by atoms with van der Waals surface area (Å²) in [4.78, 5) is 11.3. The second-order valence-electron chi connectivity index (χ2n) is 2.77. The minimum Gasteiger partial charge on any atom is -0.502 e. The summed E-state index contributed by atoms with van der Waals surface area (Å²) in [6, 6.07) is 0. The Hall–Kier alpha value is -0.0895. The maximum Gasteiger partial charge on any atom is 0.295 e. The number of hydrogen-bond donors (Lipinski definition) is 2. The fraction of sp³-hybridized carbons (Fsp3) is 0.333. The van der Waals surface area contributed by atoms with Crippen LogP contribution in [0.3, 0.4) is 0 Å². The van der Waals surface area contributed by atoms with Gasteiger partial charge in [0.15, 0.2) is 0 Å². The maximum atomic E-state index is 11.3. The van der Waals surface area contributed by atoms with Crippen LogP contribution in [-0.4, -0.2) is 49.4 Å². The minimum absolute atomic E-state index is 0. The van der Waals surface area contributed by atoms with Gasteiger partial charge in [-0.1, -0.05) is 0 Å². The molecule has 2 radical (unpaired) electrons. The molecule has 1 aliphatic rings. The molecule has 0 saturated carbocycles. The van der Waals surface area contributed by atoms with Gasteiger partial charge in [0, 0.05) is 58.9 Å². The van der Waals surface area contributed by atoms with Crippen LogP contribution in [0.2, 0.25) is 0 Å². The number of carbonyl (C=O) groups is 1. The zero-order valence-corrected chi connectivity index (χ0v) is 11.8. The first kappa shape index (κ1) is 18.3. The van der Waals surface area contributed by atoms with Crippen molar-refractivity contribution >= 4 is 21.8 Å². The number of rotatable bonds is 1. The number of hydrogen-bond acceptors (Lipinski definition) is 4. The summed E-state index contributed by atoms with van der Waals surface area (Å²) < 4.78 is 25.0. The monoisotopic (exact) mass is 434 g/mol. The fourth-order valence-corrected chi connectivity index (χ4v) is 1.99. The Kier molecular flexibility index (Phi) is 6.87. The smallest absolute Gasteiger partial charge is 0.295 e. The summed E-state index contributed by atoms with van der Waals surface area (Å²) in [6.07, 6.45) is 0. The Morgan fingerprint density at radius 3 is 1.94 bits per heavy atom. The van der Waals surface area contributed by atoms with E-state index in [1.807, 2.05) is 0 Å². The number of sulfonamides is 1. The SMILES string of the molecule is CN(C)C(=O)C1=C(O)C(O)=NS1(=O)=O.[Ag].[Ag]. The van der Waals surface area contributed by atoms with Crippen LogP contribution in [0, 0.1) is 0 Å². The van der Waals surface area contributed by atoms with Gasteiger partial charge < -0.3 is 15.1 Å². The second-order valence-corrected chi connectivity index (χ2v) is 4.31. The molecule has 0 saturated heterocycles. The van der Waals surface area contributed by atoms with E-state index in [-0.39, 0.29) is 44.8 Å². The summed E-state index contributed by atoms with van der Waals surface area (Å²) >= 11 is 0. The quantitative estimate of drug-likeness (QED) is 0.521. The average molecular weight is 436 g/mol. The molecule has 0 aromatic rings. The molecule has 0 atom stereocenters. The van der Waals surface area contributed by atoms with E-state index < -0.39 is 32.5 Å². The van der Waals surface area contributed by atoms with Gasteiger partial charge >= 0.3 is 0 Å². The van der Waals surface area contributed by atoms with Crippen LogP contribution in [0.1, 0.15) is 0 Å². The first-order valence-electron chi connectivity index (χ1n) is 3.46. The molecule has 100 valence electrons. The Bertz CT molecular complexity index is 454. The molecule has 0 fully saturated rings. The molecule has 2 N–H and O–H groups in total. The van der Waals surface area contributed by atoms with E-state index in [0.29, 0.717) is 0 Å². The molecule has 0 spiro atoms. The van der Waals surface area contributed by atoms with Crippen LogP contribution >= 0.6 is 0 Å². The third kappa shape index (κ3) is 3.20. The zero-order chi connectivity index (χ0) is 11.1. The van der Waals surface area contributed by atoms with Crippen molar-refractivity contribution in [3.8, 4) is 0 Å². The van der Waals surface area contributed by atoms with Crippen molar-refractivity contribution < 1.29 is 68.2 Å². The summed E-state index contributed by atoms with van der Waals surface area (Å²) in [7, 11) is -1.63. The van der Waals surface area contributed by atoms with Gasteiger partial charge in [0.05, 0.1) is 0 Å². The Morgan fingerprint density at radius 2 is 1.69 bits per heavy atom. The molecule has 7 nitrogen and oxygen atoms in total. The average Bonchev–Trinajstić information content (AvgIpc) is 2.20. The maximum absolute atomic E-state index is 11.3. The van der Waals surface area contributed by atoms with Gasteiger partial charge in [-0.2, -0.15) is 8.42 Å². The van der Waals surface area contributed by atoms with Crippen molar-refractivity contribution in [1.82, 2.24) is 4.90 Å². The molecule has 0 aromatic heterocycles. The summed E-state index contributed by atoms with van der Waals surface area (Å²) in [5.41, 5.74) is 0. The van der Waals surface area contributed by atoms with Crippen molar-refractivity contribution in [2.24, 2.45) is 4.40 Å². The molecule has 1 amide bonds. The standard InChI is InChI=1S/C6H8N2O5S.2Ag/c1-8(2)6(11)4-3(9)5(10)7-14(4,12)13;;/h9H,1-2H3,(H,7,10);;. The normalized spacial score (nSPS) is 17.0. The Balaban J connectivity index is 0. The van der Waals surface area contributed by atoms with E-state index in [1.54, 1.807) is 0 Å². The number of nitrogens with zero attached hydrogens (tertiary/aromatic N) is 2. The Labute approximate surface area is 123 Å². The van der Waals surface area contributed by atoms with Crippen molar-refractivity contribution in [2.45, 2.75) is 0 Å². The van der Waals surface area contributed by atoms with Crippen LogP contribution in [0.5, 0.6) is 0 Å². The number of amides is 1. The van der Waals surface area contributed by atoms with Crippen molar-refractivity contribution in [2.75, 3.05) is 14.1 Å². The number of aliphatic hydroxyl groups is 2. The number of aliphatic hydroxyl groups excluding tert-OH is 2. The van der Waals surface area contributed by atoms with Gasteiger partial charge in [0.25, 0.3) is 21.8 Å². The molecule has 0 unspecified atom stereocenters. The topological polar surface area (TPSA) is 107 Å². The molecule has 0 bridgehead atoms. The van der Waals surface area contributed by atoms with Gasteiger partial charge in [-0.15, -0.1) is 4.40 Å². The third-order valence-electron chi connectivity index (χ3n) is 1.49. The molecule has 1 rings (SSSR count). The molecule has 10 heteroatoms. The van der Waals surface area contributed by atoms with Gasteiger partial charge in [-0.05, 0) is 0 Å². The van der Waals surface area contributed by atoms with Crippen LogP contribution in [0.25, 0.3) is 0 Å². The molecular weight excluding hydrogens is 428 g/mol. The number of likely N-dealkylation sites (N-methyl/N-ethyl adjacent to an activating group) is 1. The van der Waals surface area contributed by atoms with E-state index in [1.165, 1.54) is 14.1 Å². The molecule has 0 aromatic carbocycles. The van der Waals surface area contributed by atoms with Gasteiger partial charge in [0.2, 0.25) is 10.7 Å². The Morgan fingerprint density at radius 1 is 1.25 bits per heavy atom. The summed E-state index contributed by atoms with van der Waals surface area (Å²) in [5, 5.41) is 17.9. The van der Waals surface area contributed by atoms with Gasteiger partial charge in [-0.25, -0.2) is 0 Å². The zero-order valence-electron chi connectivity index (χ0n) is 8.02. The van der Waals surface area contributed by atoms with Gasteiger partial charge in [0.1, 0.15) is 0 Å². The van der Waals surface area contributed by atoms with E-state index in [0.717, 1.165) is 4.90 Å². The van der Waals surface area contributed by atoms with Crippen LogP contribution in [0.15, 0.2) is 15.1 Å². The predicted octanol–water partition coefficient (Wildman–Crippen LogP) is -0.861. The van der Waals surface area contributed by atoms with Crippen molar-refractivity contribution in [1.29, 1.82) is 0 Å². The van der Waals surface area contributed by atoms with Crippen LogP contribution < -0.4 is 0 Å². The van der Waals surface area contributed by atoms with E-state index in [9.17, 15) is 13.2 Å². The van der Waals surface area contributed by atoms with Crippen LogP contribution in [-0.2, 0) is 59.6 Å². The third-order valence-corrected chi connectivity index (χ3v) is 2.79. The van der Waals surface area contributed by atoms with E-state index >= 15 is 0 Å². The van der Waals surface area contributed by atoms with Gasteiger partial charge in [-0.3, -0.25) is 4.79 Å². The number of carbonyl (C=O) groups excluding carboxylic acids is 1. The summed E-state index contributed by atoms with van der Waals surface area (Å²) in [6.45, 7) is 0. The second kappa shape index (κ2) is 6.01. The van der Waals surface area contributed by atoms with E-state index in [2.05, 4.69) is 4.40 Å².